The summed E-state index contributed by atoms with van der Waals surface area (Å²) in [6.45, 7) is 4.58. The van der Waals surface area contributed by atoms with Gasteiger partial charge in [0, 0.05) is 33.0 Å². The van der Waals surface area contributed by atoms with Crippen molar-refractivity contribution in [2.24, 2.45) is 0 Å². The Hall–Kier alpha value is -1.72. The molecule has 1 heterocycles. The Bertz CT molecular complexity index is 551. The molecule has 2 unspecified atom stereocenters. The van der Waals surface area contributed by atoms with E-state index in [1.807, 2.05) is 0 Å². The van der Waals surface area contributed by atoms with Crippen LogP contribution in [0.4, 0.5) is 0 Å². The number of carbonyl (C=O) groups excluding carboxylic acids is 4. The van der Waals surface area contributed by atoms with E-state index in [-0.39, 0.29) is 13.2 Å². The van der Waals surface area contributed by atoms with E-state index in [2.05, 4.69) is 15.9 Å². The Balaban J connectivity index is 3.22. The SMILES string of the molecule is CC(=O)OCC1O[C@@H](OCCBr)[C@@H](OC(C)=O)C(OC(C)=O)[C@@H]1OC(C)=O. The molecule has 1 rings (SSSR count). The van der Waals surface area contributed by atoms with Crippen LogP contribution >= 0.6 is 15.9 Å². The zero-order valence-corrected chi connectivity index (χ0v) is 17.1. The third kappa shape index (κ3) is 7.81. The molecule has 0 spiro atoms. The van der Waals surface area contributed by atoms with Crippen LogP contribution in [-0.4, -0.2) is 73.1 Å². The van der Waals surface area contributed by atoms with Gasteiger partial charge in [0.2, 0.25) is 0 Å². The van der Waals surface area contributed by atoms with E-state index in [1.54, 1.807) is 0 Å². The second-order valence-electron chi connectivity index (χ2n) is 5.63. The molecular weight excluding hydrogens is 432 g/mol. The highest BCUT2D eigenvalue weighted by Gasteiger charge is 2.52. The van der Waals surface area contributed by atoms with E-state index in [1.165, 1.54) is 6.92 Å². The molecule has 1 fully saturated rings. The highest BCUT2D eigenvalue weighted by atomic mass is 79.9. The fraction of sp³-hybridized carbons (Fsp3) is 0.750. The first-order valence-corrected chi connectivity index (χ1v) is 9.25. The molecule has 0 radical (unpaired) electrons. The molecule has 1 saturated heterocycles. The van der Waals surface area contributed by atoms with E-state index in [0.29, 0.717) is 5.33 Å². The van der Waals surface area contributed by atoms with E-state index in [9.17, 15) is 19.2 Å². The van der Waals surface area contributed by atoms with Gasteiger partial charge < -0.3 is 28.4 Å². The molecule has 1 aliphatic heterocycles. The number of alkyl halides is 1. The van der Waals surface area contributed by atoms with Crippen molar-refractivity contribution in [2.45, 2.75) is 58.4 Å². The van der Waals surface area contributed by atoms with Crippen molar-refractivity contribution in [1.82, 2.24) is 0 Å². The number of hydrogen-bond donors (Lipinski definition) is 0. The van der Waals surface area contributed by atoms with Gasteiger partial charge in [0.1, 0.15) is 12.7 Å². The highest BCUT2D eigenvalue weighted by molar-refractivity contribution is 9.09. The molecule has 1 aliphatic rings. The van der Waals surface area contributed by atoms with Crippen LogP contribution in [0, 0.1) is 0 Å². The maximum Gasteiger partial charge on any atom is 0.303 e. The molecule has 0 bridgehead atoms. The van der Waals surface area contributed by atoms with Gasteiger partial charge in [-0.25, -0.2) is 0 Å². The molecule has 0 aromatic heterocycles. The second-order valence-corrected chi connectivity index (χ2v) is 6.42. The first-order valence-electron chi connectivity index (χ1n) is 8.13. The average Bonchev–Trinajstić information content (AvgIpc) is 2.54. The molecule has 0 amide bonds. The van der Waals surface area contributed by atoms with Crippen LogP contribution in [0.25, 0.3) is 0 Å². The number of carbonyl (C=O) groups is 4. The zero-order chi connectivity index (χ0) is 20.6. The van der Waals surface area contributed by atoms with Gasteiger partial charge in [-0.05, 0) is 0 Å². The fourth-order valence-electron chi connectivity index (χ4n) is 2.48. The number of hydrogen-bond acceptors (Lipinski definition) is 10. The van der Waals surface area contributed by atoms with Gasteiger partial charge in [0.05, 0.1) is 6.61 Å². The summed E-state index contributed by atoms with van der Waals surface area (Å²) >= 11 is 3.20. The van der Waals surface area contributed by atoms with E-state index in [4.69, 9.17) is 28.4 Å². The lowest BCUT2D eigenvalue weighted by Gasteiger charge is -2.44. The van der Waals surface area contributed by atoms with Crippen molar-refractivity contribution in [3.8, 4) is 0 Å². The monoisotopic (exact) mass is 454 g/mol. The van der Waals surface area contributed by atoms with Crippen LogP contribution in [-0.2, 0) is 47.6 Å². The topological polar surface area (TPSA) is 124 Å². The van der Waals surface area contributed by atoms with Crippen LogP contribution in [0.5, 0.6) is 0 Å². The van der Waals surface area contributed by atoms with Gasteiger partial charge >= 0.3 is 23.9 Å². The van der Waals surface area contributed by atoms with E-state index < -0.39 is 54.6 Å². The second kappa shape index (κ2) is 11.2. The van der Waals surface area contributed by atoms with Gasteiger partial charge in [-0.15, -0.1) is 0 Å². The van der Waals surface area contributed by atoms with Crippen molar-refractivity contribution < 1.29 is 47.6 Å². The minimum atomic E-state index is -1.22. The van der Waals surface area contributed by atoms with Crippen molar-refractivity contribution in [3.63, 3.8) is 0 Å². The summed E-state index contributed by atoms with van der Waals surface area (Å²) in [5, 5.41) is 0.458. The van der Waals surface area contributed by atoms with Crippen LogP contribution in [0.1, 0.15) is 27.7 Å². The molecule has 0 saturated carbocycles. The van der Waals surface area contributed by atoms with Crippen LogP contribution < -0.4 is 0 Å². The molecule has 0 aliphatic carbocycles. The summed E-state index contributed by atoms with van der Waals surface area (Å²) in [5.41, 5.74) is 0. The zero-order valence-electron chi connectivity index (χ0n) is 15.5. The molecule has 11 heteroatoms. The maximum atomic E-state index is 11.6. The van der Waals surface area contributed by atoms with Gasteiger partial charge in [-0.1, -0.05) is 15.9 Å². The number of rotatable bonds is 8. The quantitative estimate of drug-likeness (QED) is 0.290. The normalized spacial score (nSPS) is 27.4. The third-order valence-corrected chi connectivity index (χ3v) is 3.63. The van der Waals surface area contributed by atoms with Gasteiger partial charge in [0.15, 0.2) is 24.6 Å². The molecular formula is C16H23BrO10. The lowest BCUT2D eigenvalue weighted by molar-refractivity contribution is -0.306. The smallest absolute Gasteiger partial charge is 0.303 e. The third-order valence-electron chi connectivity index (χ3n) is 3.31. The predicted molar refractivity (Wildman–Crippen MR) is 91.7 cm³/mol. The Morgan fingerprint density at radius 2 is 1.33 bits per heavy atom. The Morgan fingerprint density at radius 3 is 1.81 bits per heavy atom. The van der Waals surface area contributed by atoms with Crippen molar-refractivity contribution in [2.75, 3.05) is 18.5 Å². The Morgan fingerprint density at radius 1 is 0.815 bits per heavy atom. The lowest BCUT2D eigenvalue weighted by atomic mass is 9.98. The lowest BCUT2D eigenvalue weighted by Crippen LogP contribution is -2.63. The maximum absolute atomic E-state index is 11.6. The number of esters is 4. The minimum Gasteiger partial charge on any atom is -0.463 e. The first kappa shape index (κ1) is 23.3. The van der Waals surface area contributed by atoms with Crippen molar-refractivity contribution >= 4 is 39.8 Å². The molecule has 0 N–H and O–H groups in total. The highest BCUT2D eigenvalue weighted by Crippen LogP contribution is 2.29. The average molecular weight is 455 g/mol. The molecule has 5 atom stereocenters. The largest absolute Gasteiger partial charge is 0.463 e. The number of ether oxygens (including phenoxy) is 6. The van der Waals surface area contributed by atoms with E-state index in [0.717, 1.165) is 20.8 Å². The Kier molecular flexibility index (Phi) is 9.67. The summed E-state index contributed by atoms with van der Waals surface area (Å²) in [6, 6.07) is 0. The van der Waals surface area contributed by atoms with Gasteiger partial charge in [-0.2, -0.15) is 0 Å². The van der Waals surface area contributed by atoms with Crippen LogP contribution in [0.2, 0.25) is 0 Å². The van der Waals surface area contributed by atoms with Crippen molar-refractivity contribution in [1.29, 1.82) is 0 Å². The van der Waals surface area contributed by atoms with Crippen molar-refractivity contribution in [3.05, 3.63) is 0 Å². The fourth-order valence-corrected chi connectivity index (χ4v) is 2.67. The van der Waals surface area contributed by atoms with Crippen LogP contribution in [0.3, 0.4) is 0 Å². The molecule has 10 nitrogen and oxygen atoms in total. The van der Waals surface area contributed by atoms with Gasteiger partial charge in [0.25, 0.3) is 0 Å². The summed E-state index contributed by atoms with van der Waals surface area (Å²) < 4.78 is 31.9. The predicted octanol–water partition coefficient (Wildman–Crippen LogP) is 0.481. The number of halogens is 1. The summed E-state index contributed by atoms with van der Waals surface area (Å²) in [7, 11) is 0. The minimum absolute atomic E-state index is 0.188. The summed E-state index contributed by atoms with van der Waals surface area (Å²) in [4.78, 5) is 45.8. The molecule has 0 aromatic carbocycles. The molecule has 154 valence electrons. The summed E-state index contributed by atoms with van der Waals surface area (Å²) in [5.74, 6) is -2.63. The van der Waals surface area contributed by atoms with Crippen LogP contribution in [0.15, 0.2) is 0 Å². The standard InChI is InChI=1S/C16H23BrO10/c1-8(18)23-7-12-13(24-9(2)19)14(25-10(3)20)15(26-11(4)21)16(27-12)22-6-5-17/h12-16H,5-7H2,1-4H3/t12?,13-,14?,15+,16-/m1/s1. The summed E-state index contributed by atoms with van der Waals surface area (Å²) in [6.07, 6.45) is -5.73. The Labute approximate surface area is 164 Å². The van der Waals surface area contributed by atoms with E-state index >= 15 is 0 Å². The molecule has 27 heavy (non-hydrogen) atoms. The first-order chi connectivity index (χ1) is 12.6. The molecule has 0 aromatic rings. The van der Waals surface area contributed by atoms with Gasteiger partial charge in [-0.3, -0.25) is 19.2 Å².